The van der Waals surface area contributed by atoms with Crippen molar-refractivity contribution >= 4 is 11.8 Å². The standard InChI is InChI=1S/C21H23N3OS/c1-14-4-5-15(2)17(12-14)13-26-21-23-22-20(16-6-7-16)24(21)18-8-10-19(25-3)11-9-18/h4-5,8-12,16H,6-7,13H2,1-3H3. The highest BCUT2D eigenvalue weighted by Gasteiger charge is 2.31. The SMILES string of the molecule is COc1ccc(-n2c(SCc3cc(C)ccc3C)nnc2C2CC2)cc1. The third-order valence-electron chi connectivity index (χ3n) is 4.79. The van der Waals surface area contributed by atoms with Gasteiger partial charge in [0.1, 0.15) is 11.6 Å². The van der Waals surface area contributed by atoms with Crippen molar-refractivity contribution in [1.82, 2.24) is 14.8 Å². The number of ether oxygens (including phenoxy) is 1. The summed E-state index contributed by atoms with van der Waals surface area (Å²) in [5.74, 6) is 3.38. The predicted octanol–water partition coefficient (Wildman–Crippen LogP) is 5.06. The highest BCUT2D eigenvalue weighted by Crippen LogP contribution is 2.41. The molecule has 0 bridgehead atoms. The molecule has 0 amide bonds. The van der Waals surface area contributed by atoms with Gasteiger partial charge in [-0.2, -0.15) is 0 Å². The Morgan fingerprint density at radius 3 is 2.54 bits per heavy atom. The van der Waals surface area contributed by atoms with Crippen LogP contribution >= 0.6 is 11.8 Å². The second-order valence-corrected chi connectivity index (χ2v) is 7.81. The van der Waals surface area contributed by atoms with Gasteiger partial charge in [0, 0.05) is 17.4 Å². The minimum atomic E-state index is 0.541. The van der Waals surface area contributed by atoms with Gasteiger partial charge in [-0.15, -0.1) is 10.2 Å². The lowest BCUT2D eigenvalue weighted by atomic mass is 10.1. The number of thioether (sulfide) groups is 1. The van der Waals surface area contributed by atoms with E-state index in [4.69, 9.17) is 4.74 Å². The zero-order valence-electron chi connectivity index (χ0n) is 15.4. The molecule has 4 nitrogen and oxygen atoms in total. The highest BCUT2D eigenvalue weighted by atomic mass is 32.2. The maximum absolute atomic E-state index is 5.29. The number of rotatable bonds is 6. The van der Waals surface area contributed by atoms with Crippen LogP contribution in [0.15, 0.2) is 47.6 Å². The van der Waals surface area contributed by atoms with Gasteiger partial charge in [0.2, 0.25) is 0 Å². The van der Waals surface area contributed by atoms with Gasteiger partial charge >= 0.3 is 0 Å². The largest absolute Gasteiger partial charge is 0.497 e. The fraction of sp³-hybridized carbons (Fsp3) is 0.333. The second-order valence-electron chi connectivity index (χ2n) is 6.87. The van der Waals surface area contributed by atoms with E-state index in [1.54, 1.807) is 18.9 Å². The first-order valence-corrected chi connectivity index (χ1v) is 9.93. The number of aromatic nitrogens is 3. The van der Waals surface area contributed by atoms with Crippen LogP contribution in [0.5, 0.6) is 5.75 Å². The minimum absolute atomic E-state index is 0.541. The molecular formula is C21H23N3OS. The lowest BCUT2D eigenvalue weighted by molar-refractivity contribution is 0.414. The molecule has 1 heterocycles. The lowest BCUT2D eigenvalue weighted by Crippen LogP contribution is -2.02. The number of hydrogen-bond donors (Lipinski definition) is 0. The van der Waals surface area contributed by atoms with Crippen molar-refractivity contribution in [2.75, 3.05) is 7.11 Å². The summed E-state index contributed by atoms with van der Waals surface area (Å²) >= 11 is 1.75. The van der Waals surface area contributed by atoms with Crippen LogP contribution in [-0.2, 0) is 5.75 Å². The fourth-order valence-electron chi connectivity index (χ4n) is 3.05. The Bertz CT molecular complexity index is 914. The first-order chi connectivity index (χ1) is 12.7. The molecule has 0 saturated heterocycles. The van der Waals surface area contributed by atoms with E-state index < -0.39 is 0 Å². The number of aryl methyl sites for hydroxylation is 2. The quantitative estimate of drug-likeness (QED) is 0.572. The van der Waals surface area contributed by atoms with Crippen molar-refractivity contribution in [3.63, 3.8) is 0 Å². The number of benzene rings is 2. The molecule has 0 radical (unpaired) electrons. The van der Waals surface area contributed by atoms with Gasteiger partial charge in [-0.3, -0.25) is 4.57 Å². The zero-order chi connectivity index (χ0) is 18.1. The number of methoxy groups -OCH3 is 1. The van der Waals surface area contributed by atoms with Crippen molar-refractivity contribution in [2.45, 2.75) is 43.5 Å². The summed E-state index contributed by atoms with van der Waals surface area (Å²) in [4.78, 5) is 0. The van der Waals surface area contributed by atoms with Crippen molar-refractivity contribution in [3.05, 3.63) is 65.0 Å². The van der Waals surface area contributed by atoms with Crippen LogP contribution in [0.2, 0.25) is 0 Å². The average Bonchev–Trinajstić information content (AvgIpc) is 3.42. The summed E-state index contributed by atoms with van der Waals surface area (Å²) in [5, 5.41) is 9.97. The molecule has 0 atom stereocenters. The molecule has 0 aliphatic heterocycles. The summed E-state index contributed by atoms with van der Waals surface area (Å²) in [6.07, 6.45) is 2.41. The Balaban J connectivity index is 1.64. The molecule has 4 rings (SSSR count). The van der Waals surface area contributed by atoms with Gasteiger partial charge < -0.3 is 4.74 Å². The molecule has 5 heteroatoms. The third kappa shape index (κ3) is 3.49. The normalized spacial score (nSPS) is 13.8. The van der Waals surface area contributed by atoms with E-state index in [0.29, 0.717) is 5.92 Å². The molecule has 1 saturated carbocycles. The topological polar surface area (TPSA) is 39.9 Å². The van der Waals surface area contributed by atoms with E-state index in [1.807, 2.05) is 12.1 Å². The number of hydrogen-bond acceptors (Lipinski definition) is 4. The molecule has 2 aromatic carbocycles. The molecular weight excluding hydrogens is 342 g/mol. The summed E-state index contributed by atoms with van der Waals surface area (Å²) < 4.78 is 7.51. The van der Waals surface area contributed by atoms with Crippen LogP contribution in [0.4, 0.5) is 0 Å². The van der Waals surface area contributed by atoms with E-state index in [-0.39, 0.29) is 0 Å². The maximum Gasteiger partial charge on any atom is 0.196 e. The zero-order valence-corrected chi connectivity index (χ0v) is 16.2. The first kappa shape index (κ1) is 17.2. The lowest BCUT2D eigenvalue weighted by Gasteiger charge is -2.11. The van der Waals surface area contributed by atoms with E-state index in [1.165, 1.54) is 29.5 Å². The molecule has 0 N–H and O–H groups in total. The van der Waals surface area contributed by atoms with Crippen molar-refractivity contribution in [3.8, 4) is 11.4 Å². The van der Waals surface area contributed by atoms with E-state index in [2.05, 4.69) is 58.9 Å². The van der Waals surface area contributed by atoms with Gasteiger partial charge in [-0.25, -0.2) is 0 Å². The Morgan fingerprint density at radius 1 is 1.08 bits per heavy atom. The Labute approximate surface area is 158 Å². The van der Waals surface area contributed by atoms with Gasteiger partial charge in [-0.05, 0) is 62.1 Å². The van der Waals surface area contributed by atoms with Crippen LogP contribution in [0.3, 0.4) is 0 Å². The van der Waals surface area contributed by atoms with Gasteiger partial charge in [0.15, 0.2) is 5.16 Å². The molecule has 0 spiro atoms. The summed E-state index contributed by atoms with van der Waals surface area (Å²) in [5.41, 5.74) is 5.07. The second kappa shape index (κ2) is 7.16. The Kier molecular flexibility index (Phi) is 4.72. The molecule has 134 valence electrons. The Hall–Kier alpha value is -2.27. The van der Waals surface area contributed by atoms with Crippen molar-refractivity contribution < 1.29 is 4.74 Å². The summed E-state index contributed by atoms with van der Waals surface area (Å²) in [6.45, 7) is 4.30. The predicted molar refractivity (Wildman–Crippen MR) is 105 cm³/mol. The van der Waals surface area contributed by atoms with Gasteiger partial charge in [0.25, 0.3) is 0 Å². The molecule has 3 aromatic rings. The number of nitrogens with zero attached hydrogens (tertiary/aromatic N) is 3. The minimum Gasteiger partial charge on any atom is -0.497 e. The molecule has 0 unspecified atom stereocenters. The first-order valence-electron chi connectivity index (χ1n) is 8.94. The average molecular weight is 366 g/mol. The van der Waals surface area contributed by atoms with Gasteiger partial charge in [-0.1, -0.05) is 35.5 Å². The molecule has 1 aliphatic rings. The maximum atomic E-state index is 5.29. The summed E-state index contributed by atoms with van der Waals surface area (Å²) in [6, 6.07) is 14.8. The van der Waals surface area contributed by atoms with E-state index in [9.17, 15) is 0 Å². The van der Waals surface area contributed by atoms with E-state index in [0.717, 1.165) is 28.2 Å². The highest BCUT2D eigenvalue weighted by molar-refractivity contribution is 7.98. The summed E-state index contributed by atoms with van der Waals surface area (Å²) in [7, 11) is 1.69. The van der Waals surface area contributed by atoms with Crippen LogP contribution < -0.4 is 4.74 Å². The van der Waals surface area contributed by atoms with Crippen molar-refractivity contribution in [2.24, 2.45) is 0 Å². The van der Waals surface area contributed by atoms with Crippen molar-refractivity contribution in [1.29, 1.82) is 0 Å². The molecule has 1 aliphatic carbocycles. The van der Waals surface area contributed by atoms with Crippen LogP contribution in [0.1, 0.15) is 41.3 Å². The van der Waals surface area contributed by atoms with Crippen LogP contribution in [-0.4, -0.2) is 21.9 Å². The van der Waals surface area contributed by atoms with Crippen LogP contribution in [0, 0.1) is 13.8 Å². The van der Waals surface area contributed by atoms with E-state index >= 15 is 0 Å². The van der Waals surface area contributed by atoms with Gasteiger partial charge in [0.05, 0.1) is 7.11 Å². The molecule has 1 fully saturated rings. The monoisotopic (exact) mass is 365 g/mol. The smallest absolute Gasteiger partial charge is 0.196 e. The third-order valence-corrected chi connectivity index (χ3v) is 5.77. The fourth-order valence-corrected chi connectivity index (χ4v) is 4.07. The Morgan fingerprint density at radius 2 is 1.85 bits per heavy atom. The molecule has 26 heavy (non-hydrogen) atoms. The molecule has 1 aromatic heterocycles. The van der Waals surface area contributed by atoms with Crippen LogP contribution in [0.25, 0.3) is 5.69 Å².